The number of amides is 2. The van der Waals surface area contributed by atoms with Crippen molar-refractivity contribution in [1.29, 1.82) is 0 Å². The molecule has 0 radical (unpaired) electrons. The molecule has 0 saturated heterocycles. The Hall–Kier alpha value is -3.00. The number of rotatable bonds is 3. The van der Waals surface area contributed by atoms with E-state index in [9.17, 15) is 4.79 Å². The lowest BCUT2D eigenvalue weighted by Gasteiger charge is -2.29. The zero-order valence-corrected chi connectivity index (χ0v) is 15.9. The molecule has 0 aliphatic carbocycles. The van der Waals surface area contributed by atoms with E-state index >= 15 is 0 Å². The van der Waals surface area contributed by atoms with Gasteiger partial charge in [0.2, 0.25) is 5.88 Å². The second-order valence-corrected chi connectivity index (χ2v) is 6.87. The van der Waals surface area contributed by atoms with Crippen LogP contribution in [0.4, 0.5) is 27.7 Å². The van der Waals surface area contributed by atoms with E-state index < -0.39 is 12.2 Å². The topological polar surface area (TPSA) is 95.9 Å². The summed E-state index contributed by atoms with van der Waals surface area (Å²) in [6.07, 6.45) is 2.77. The maximum absolute atomic E-state index is 12.2. The Morgan fingerprint density at radius 1 is 1.11 bits per heavy atom. The summed E-state index contributed by atoms with van der Waals surface area (Å²) >= 11 is 12.0. The smallest absolute Gasteiger partial charge is 0.323 e. The number of anilines is 3. The highest BCUT2D eigenvalue weighted by atomic mass is 35.5. The fourth-order valence-electron chi connectivity index (χ4n) is 2.80. The number of carbonyl (C=O) groups is 1. The second kappa shape index (κ2) is 7.55. The summed E-state index contributed by atoms with van der Waals surface area (Å²) in [6, 6.07) is 13.4. The van der Waals surface area contributed by atoms with E-state index in [-0.39, 0.29) is 0 Å². The standard InChI is InChI=1S/C19H15Cl2N5O2/c20-11-1-6-15(21)16(9-11)25-19(27)24-12-2-4-13(5-3-12)26-10-23-18-14(17(26)22)7-8-28-18/h1-10,17H,22H2,(H2,24,25,27). The Morgan fingerprint density at radius 3 is 2.68 bits per heavy atom. The number of urea groups is 1. The number of halogens is 2. The number of hydrogen-bond donors (Lipinski definition) is 3. The monoisotopic (exact) mass is 415 g/mol. The van der Waals surface area contributed by atoms with Gasteiger partial charge in [-0.25, -0.2) is 9.79 Å². The van der Waals surface area contributed by atoms with Crippen molar-refractivity contribution in [3.8, 4) is 0 Å². The van der Waals surface area contributed by atoms with Gasteiger partial charge in [-0.2, -0.15) is 0 Å². The first-order valence-electron chi connectivity index (χ1n) is 8.30. The van der Waals surface area contributed by atoms with Crippen LogP contribution in [0.1, 0.15) is 11.7 Å². The minimum atomic E-state index is -0.434. The van der Waals surface area contributed by atoms with E-state index in [1.807, 2.05) is 17.0 Å². The molecule has 0 saturated carbocycles. The molecule has 3 aromatic rings. The Bertz CT molecular complexity index is 1050. The summed E-state index contributed by atoms with van der Waals surface area (Å²) in [6.45, 7) is 0. The summed E-state index contributed by atoms with van der Waals surface area (Å²) in [7, 11) is 0. The average Bonchev–Trinajstić information content (AvgIpc) is 3.16. The molecule has 0 spiro atoms. The van der Waals surface area contributed by atoms with Crippen LogP contribution in [0.15, 0.2) is 64.2 Å². The Kier molecular flexibility index (Phi) is 4.95. The van der Waals surface area contributed by atoms with Gasteiger partial charge in [0, 0.05) is 16.4 Å². The summed E-state index contributed by atoms with van der Waals surface area (Å²) < 4.78 is 5.26. The third-order valence-electron chi connectivity index (χ3n) is 4.19. The minimum Gasteiger partial charge on any atom is -0.446 e. The lowest BCUT2D eigenvalue weighted by atomic mass is 10.2. The molecule has 7 nitrogen and oxygen atoms in total. The van der Waals surface area contributed by atoms with Gasteiger partial charge in [-0.3, -0.25) is 0 Å². The molecule has 0 bridgehead atoms. The van der Waals surface area contributed by atoms with Crippen molar-refractivity contribution in [2.75, 3.05) is 15.5 Å². The highest BCUT2D eigenvalue weighted by Gasteiger charge is 2.24. The zero-order valence-electron chi connectivity index (χ0n) is 14.4. The third-order valence-corrected chi connectivity index (χ3v) is 4.76. The van der Waals surface area contributed by atoms with Gasteiger partial charge in [-0.15, -0.1) is 0 Å². The number of nitrogens with two attached hydrogens (primary N) is 1. The van der Waals surface area contributed by atoms with Crippen molar-refractivity contribution in [2.24, 2.45) is 10.7 Å². The summed E-state index contributed by atoms with van der Waals surface area (Å²) in [5, 5.41) is 6.28. The van der Waals surface area contributed by atoms with Crippen LogP contribution in [0.3, 0.4) is 0 Å². The van der Waals surface area contributed by atoms with Gasteiger partial charge in [0.25, 0.3) is 0 Å². The van der Waals surface area contributed by atoms with Crippen LogP contribution in [0.5, 0.6) is 0 Å². The number of carbonyl (C=O) groups excluding carboxylic acids is 1. The van der Waals surface area contributed by atoms with Gasteiger partial charge in [0.15, 0.2) is 0 Å². The van der Waals surface area contributed by atoms with Crippen molar-refractivity contribution >= 4 is 58.5 Å². The van der Waals surface area contributed by atoms with E-state index in [4.69, 9.17) is 33.4 Å². The number of fused-ring (bicyclic) bond motifs is 1. The van der Waals surface area contributed by atoms with Gasteiger partial charge in [-0.1, -0.05) is 23.2 Å². The molecule has 1 aliphatic rings. The molecule has 0 fully saturated rings. The summed E-state index contributed by atoms with van der Waals surface area (Å²) in [5.74, 6) is 0.512. The first kappa shape index (κ1) is 18.4. The van der Waals surface area contributed by atoms with Crippen molar-refractivity contribution in [3.63, 3.8) is 0 Å². The van der Waals surface area contributed by atoms with Gasteiger partial charge in [-0.05, 0) is 48.5 Å². The van der Waals surface area contributed by atoms with Crippen LogP contribution < -0.4 is 21.3 Å². The molecule has 1 aliphatic heterocycles. The molecule has 9 heteroatoms. The number of furan rings is 1. The van der Waals surface area contributed by atoms with E-state index in [0.29, 0.717) is 27.3 Å². The lowest BCUT2D eigenvalue weighted by Crippen LogP contribution is -2.35. The van der Waals surface area contributed by atoms with Crippen LogP contribution in [-0.4, -0.2) is 12.4 Å². The number of benzene rings is 2. The van der Waals surface area contributed by atoms with Crippen LogP contribution in [0, 0.1) is 0 Å². The maximum Gasteiger partial charge on any atom is 0.323 e. The fourth-order valence-corrected chi connectivity index (χ4v) is 3.14. The van der Waals surface area contributed by atoms with Crippen LogP contribution >= 0.6 is 23.2 Å². The SMILES string of the molecule is NC1c2ccoc2N=CN1c1ccc(NC(=O)Nc2cc(Cl)ccc2Cl)cc1. The minimum absolute atomic E-state index is 0.395. The highest BCUT2D eigenvalue weighted by molar-refractivity contribution is 6.35. The number of hydrogen-bond acceptors (Lipinski definition) is 5. The van der Waals surface area contributed by atoms with Gasteiger partial charge in [0.1, 0.15) is 12.5 Å². The molecule has 1 atom stereocenters. The maximum atomic E-state index is 12.2. The Balaban J connectivity index is 1.44. The Labute approximate surface area is 170 Å². The lowest BCUT2D eigenvalue weighted by molar-refractivity contribution is 0.262. The van der Waals surface area contributed by atoms with Gasteiger partial charge in [0.05, 0.1) is 22.5 Å². The van der Waals surface area contributed by atoms with Crippen molar-refractivity contribution in [3.05, 3.63) is 70.4 Å². The predicted octanol–water partition coefficient (Wildman–Crippen LogP) is 5.37. The summed E-state index contributed by atoms with van der Waals surface area (Å²) in [5.41, 5.74) is 8.93. The van der Waals surface area contributed by atoms with Crippen LogP contribution in [0.2, 0.25) is 10.0 Å². The molecule has 142 valence electrons. The van der Waals surface area contributed by atoms with E-state index in [1.165, 1.54) is 0 Å². The zero-order chi connectivity index (χ0) is 19.7. The average molecular weight is 416 g/mol. The van der Waals surface area contributed by atoms with E-state index in [2.05, 4.69) is 15.6 Å². The largest absolute Gasteiger partial charge is 0.446 e. The van der Waals surface area contributed by atoms with E-state index in [0.717, 1.165) is 11.3 Å². The molecule has 4 N–H and O–H groups in total. The molecule has 1 unspecified atom stereocenters. The number of aliphatic imine (C=N–C) groups is 1. The van der Waals surface area contributed by atoms with Gasteiger partial charge < -0.3 is 25.7 Å². The third kappa shape index (κ3) is 3.68. The van der Waals surface area contributed by atoms with Gasteiger partial charge >= 0.3 is 6.03 Å². The molecule has 28 heavy (non-hydrogen) atoms. The number of nitrogens with one attached hydrogen (secondary N) is 2. The molecule has 2 amide bonds. The highest BCUT2D eigenvalue weighted by Crippen LogP contribution is 2.34. The van der Waals surface area contributed by atoms with Crippen LogP contribution in [0.25, 0.3) is 0 Å². The van der Waals surface area contributed by atoms with E-state index in [1.54, 1.807) is 49.0 Å². The van der Waals surface area contributed by atoms with Crippen molar-refractivity contribution < 1.29 is 9.21 Å². The van der Waals surface area contributed by atoms with Crippen molar-refractivity contribution in [1.82, 2.24) is 0 Å². The molecule has 4 rings (SSSR count). The first-order chi connectivity index (χ1) is 13.5. The predicted molar refractivity (Wildman–Crippen MR) is 112 cm³/mol. The normalized spacial score (nSPS) is 15.2. The molecular formula is C19H15Cl2N5O2. The van der Waals surface area contributed by atoms with Crippen molar-refractivity contribution in [2.45, 2.75) is 6.17 Å². The molecular weight excluding hydrogens is 401 g/mol. The molecule has 1 aromatic heterocycles. The Morgan fingerprint density at radius 2 is 1.89 bits per heavy atom. The molecule has 2 heterocycles. The fraction of sp³-hybridized carbons (Fsp3) is 0.0526. The summed E-state index contributed by atoms with van der Waals surface area (Å²) in [4.78, 5) is 18.3. The number of nitrogens with zero attached hydrogens (tertiary/aromatic N) is 2. The quantitative estimate of drug-likeness (QED) is 0.535. The second-order valence-electron chi connectivity index (χ2n) is 6.03. The van der Waals surface area contributed by atoms with Crippen LogP contribution in [-0.2, 0) is 0 Å². The first-order valence-corrected chi connectivity index (χ1v) is 9.05. The molecule has 2 aromatic carbocycles.